The van der Waals surface area contributed by atoms with Crippen LogP contribution in [0.5, 0.6) is 0 Å². The number of furan rings is 1. The van der Waals surface area contributed by atoms with Crippen molar-refractivity contribution in [3.05, 3.63) is 70.6 Å². The van der Waals surface area contributed by atoms with Gasteiger partial charge in [0.25, 0.3) is 5.91 Å². The smallest absolute Gasteiger partial charge is 0.291 e. The van der Waals surface area contributed by atoms with Crippen molar-refractivity contribution in [1.82, 2.24) is 4.98 Å². The molecule has 0 aliphatic rings. The van der Waals surface area contributed by atoms with Crippen LogP contribution in [0.25, 0.3) is 22.6 Å². The molecule has 0 bridgehead atoms. The van der Waals surface area contributed by atoms with Gasteiger partial charge in [-0.15, -0.1) is 0 Å². The molecule has 0 aliphatic heterocycles. The van der Waals surface area contributed by atoms with Gasteiger partial charge in [0.15, 0.2) is 11.3 Å². The minimum absolute atomic E-state index is 0.231. The Morgan fingerprint density at radius 2 is 1.92 bits per heavy atom. The number of halogens is 1. The molecular formula is C20H15ClN2O3. The number of oxazole rings is 1. The molecule has 0 unspecified atom stereocenters. The minimum Gasteiger partial charge on any atom is -0.459 e. The van der Waals surface area contributed by atoms with Crippen LogP contribution in [0.3, 0.4) is 0 Å². The Kier molecular flexibility index (Phi) is 4.01. The van der Waals surface area contributed by atoms with Crippen LogP contribution in [0.1, 0.15) is 21.7 Å². The molecule has 26 heavy (non-hydrogen) atoms. The Bertz CT molecular complexity index is 1070. The first-order chi connectivity index (χ1) is 12.5. The minimum atomic E-state index is -0.341. The van der Waals surface area contributed by atoms with Crippen LogP contribution in [-0.4, -0.2) is 10.9 Å². The predicted molar refractivity (Wildman–Crippen MR) is 101 cm³/mol. The van der Waals surface area contributed by atoms with Gasteiger partial charge in [0.05, 0.1) is 16.8 Å². The summed E-state index contributed by atoms with van der Waals surface area (Å²) >= 11 is 6.33. The van der Waals surface area contributed by atoms with E-state index in [1.165, 1.54) is 6.26 Å². The van der Waals surface area contributed by atoms with E-state index in [-0.39, 0.29) is 11.7 Å². The van der Waals surface area contributed by atoms with E-state index in [0.717, 1.165) is 16.6 Å². The number of amides is 1. The topological polar surface area (TPSA) is 68.3 Å². The second-order valence-corrected chi connectivity index (χ2v) is 6.46. The normalized spacial score (nSPS) is 11.0. The van der Waals surface area contributed by atoms with Crippen molar-refractivity contribution in [3.8, 4) is 11.5 Å². The first-order valence-corrected chi connectivity index (χ1v) is 8.41. The third kappa shape index (κ3) is 2.97. The first kappa shape index (κ1) is 16.4. The van der Waals surface area contributed by atoms with Crippen molar-refractivity contribution in [2.24, 2.45) is 0 Å². The number of hydrogen-bond acceptors (Lipinski definition) is 4. The van der Waals surface area contributed by atoms with E-state index >= 15 is 0 Å². The van der Waals surface area contributed by atoms with Gasteiger partial charge in [0.2, 0.25) is 5.89 Å². The largest absolute Gasteiger partial charge is 0.459 e. The Labute approximate surface area is 154 Å². The lowest BCUT2D eigenvalue weighted by Gasteiger charge is -2.06. The van der Waals surface area contributed by atoms with Gasteiger partial charge in [-0.1, -0.05) is 11.6 Å². The molecule has 0 aliphatic carbocycles. The number of nitrogens with zero attached hydrogens (tertiary/aromatic N) is 1. The van der Waals surface area contributed by atoms with Crippen LogP contribution in [0.2, 0.25) is 5.02 Å². The lowest BCUT2D eigenvalue weighted by atomic mass is 10.1. The maximum absolute atomic E-state index is 12.1. The average Bonchev–Trinajstić information content (AvgIpc) is 3.27. The zero-order valence-corrected chi connectivity index (χ0v) is 14.9. The Balaban J connectivity index is 1.71. The predicted octanol–water partition coefficient (Wildman–Crippen LogP) is 5.61. The summed E-state index contributed by atoms with van der Waals surface area (Å²) in [6.07, 6.45) is 1.45. The molecule has 1 amide bonds. The highest BCUT2D eigenvalue weighted by Crippen LogP contribution is 2.33. The molecule has 130 valence electrons. The molecule has 2 heterocycles. The van der Waals surface area contributed by atoms with Crippen molar-refractivity contribution < 1.29 is 13.6 Å². The maximum Gasteiger partial charge on any atom is 0.291 e. The Morgan fingerprint density at radius 1 is 1.12 bits per heavy atom. The molecule has 4 rings (SSSR count). The molecule has 6 heteroatoms. The molecule has 0 saturated carbocycles. The van der Waals surface area contributed by atoms with Gasteiger partial charge in [0, 0.05) is 5.69 Å². The third-order valence-electron chi connectivity index (χ3n) is 4.20. The molecule has 0 radical (unpaired) electrons. The van der Waals surface area contributed by atoms with E-state index in [4.69, 9.17) is 20.4 Å². The first-order valence-electron chi connectivity index (χ1n) is 8.04. The van der Waals surface area contributed by atoms with Crippen molar-refractivity contribution in [1.29, 1.82) is 0 Å². The molecule has 4 aromatic rings. The van der Waals surface area contributed by atoms with E-state index in [1.54, 1.807) is 30.3 Å². The van der Waals surface area contributed by atoms with Crippen LogP contribution >= 0.6 is 11.6 Å². The van der Waals surface area contributed by atoms with Crippen molar-refractivity contribution in [3.63, 3.8) is 0 Å². The lowest BCUT2D eigenvalue weighted by Crippen LogP contribution is -2.10. The number of carbonyl (C=O) groups excluding carboxylic acids is 1. The van der Waals surface area contributed by atoms with Crippen molar-refractivity contribution in [2.75, 3.05) is 5.32 Å². The number of hydrogen-bond donors (Lipinski definition) is 1. The van der Waals surface area contributed by atoms with E-state index in [2.05, 4.69) is 10.3 Å². The Morgan fingerprint density at radius 3 is 2.69 bits per heavy atom. The number of nitrogens with one attached hydrogen (secondary N) is 1. The number of benzene rings is 2. The quantitative estimate of drug-likeness (QED) is 0.511. The molecule has 0 atom stereocenters. The number of fused-ring (bicyclic) bond motifs is 1. The molecule has 2 aromatic heterocycles. The van der Waals surface area contributed by atoms with Crippen LogP contribution in [0.15, 0.2) is 57.6 Å². The highest BCUT2D eigenvalue weighted by molar-refractivity contribution is 6.33. The van der Waals surface area contributed by atoms with E-state index in [1.807, 2.05) is 26.0 Å². The van der Waals surface area contributed by atoms with E-state index in [9.17, 15) is 4.79 Å². The van der Waals surface area contributed by atoms with Crippen molar-refractivity contribution >= 4 is 34.3 Å². The van der Waals surface area contributed by atoms with Gasteiger partial charge in [-0.3, -0.25) is 4.79 Å². The fourth-order valence-corrected chi connectivity index (χ4v) is 2.86. The molecule has 1 N–H and O–H groups in total. The van der Waals surface area contributed by atoms with Gasteiger partial charge in [-0.2, -0.15) is 0 Å². The van der Waals surface area contributed by atoms with E-state index in [0.29, 0.717) is 27.7 Å². The molecular weight excluding hydrogens is 352 g/mol. The highest BCUT2D eigenvalue weighted by Gasteiger charge is 2.15. The van der Waals surface area contributed by atoms with Crippen LogP contribution < -0.4 is 5.32 Å². The van der Waals surface area contributed by atoms with Gasteiger partial charge in [-0.05, 0) is 67.4 Å². The third-order valence-corrected chi connectivity index (χ3v) is 4.53. The summed E-state index contributed by atoms with van der Waals surface area (Å²) in [6, 6.07) is 12.3. The van der Waals surface area contributed by atoms with Crippen LogP contribution in [0.4, 0.5) is 5.69 Å². The lowest BCUT2D eigenvalue weighted by molar-refractivity contribution is 0.0996. The number of aryl methyl sites for hydroxylation is 2. The summed E-state index contributed by atoms with van der Waals surface area (Å²) in [5.41, 5.74) is 4.91. The summed E-state index contributed by atoms with van der Waals surface area (Å²) in [7, 11) is 0. The fraction of sp³-hybridized carbons (Fsp3) is 0.100. The van der Waals surface area contributed by atoms with Gasteiger partial charge < -0.3 is 14.2 Å². The second kappa shape index (κ2) is 6.35. The van der Waals surface area contributed by atoms with E-state index < -0.39 is 0 Å². The SMILES string of the molecule is Cc1cc2nc(-c3cc(NC(=O)c4ccco4)ccc3Cl)oc2cc1C. The summed E-state index contributed by atoms with van der Waals surface area (Å²) in [4.78, 5) is 16.7. The zero-order chi connectivity index (χ0) is 18.3. The molecule has 0 saturated heterocycles. The fourth-order valence-electron chi connectivity index (χ4n) is 2.66. The number of anilines is 1. The van der Waals surface area contributed by atoms with Gasteiger partial charge in [0.1, 0.15) is 5.52 Å². The average molecular weight is 367 g/mol. The maximum atomic E-state index is 12.1. The summed E-state index contributed by atoms with van der Waals surface area (Å²) in [6.45, 7) is 4.05. The van der Waals surface area contributed by atoms with Gasteiger partial charge >= 0.3 is 0 Å². The summed E-state index contributed by atoms with van der Waals surface area (Å²) in [5.74, 6) is 0.297. The van der Waals surface area contributed by atoms with Gasteiger partial charge in [-0.25, -0.2) is 4.98 Å². The van der Waals surface area contributed by atoms with Crippen LogP contribution in [-0.2, 0) is 0 Å². The number of aromatic nitrogens is 1. The monoisotopic (exact) mass is 366 g/mol. The summed E-state index contributed by atoms with van der Waals surface area (Å²) < 4.78 is 11.0. The summed E-state index contributed by atoms with van der Waals surface area (Å²) in [5, 5.41) is 3.26. The molecule has 5 nitrogen and oxygen atoms in total. The van der Waals surface area contributed by atoms with Crippen molar-refractivity contribution in [2.45, 2.75) is 13.8 Å². The standard InChI is InChI=1S/C20H15ClN2O3/c1-11-8-16-18(9-12(11)2)26-20(23-16)14-10-13(5-6-15(14)21)22-19(24)17-4-3-7-25-17/h3-10H,1-2H3,(H,22,24). The van der Waals surface area contributed by atoms with Crippen LogP contribution in [0, 0.1) is 13.8 Å². The second-order valence-electron chi connectivity index (χ2n) is 6.05. The molecule has 0 spiro atoms. The molecule has 0 fully saturated rings. The highest BCUT2D eigenvalue weighted by atomic mass is 35.5. The molecule has 2 aromatic carbocycles. The number of rotatable bonds is 3. The Hall–Kier alpha value is -3.05. The number of carbonyl (C=O) groups is 1. The zero-order valence-electron chi connectivity index (χ0n) is 14.2.